The molecule has 1 aliphatic carbocycles. The molecule has 0 bridgehead atoms. The van der Waals surface area contributed by atoms with Crippen molar-refractivity contribution in [1.82, 2.24) is 24.9 Å². The van der Waals surface area contributed by atoms with Gasteiger partial charge in [-0.2, -0.15) is 0 Å². The molecule has 69 heavy (non-hydrogen) atoms. The van der Waals surface area contributed by atoms with Crippen LogP contribution in [0.15, 0.2) is 229 Å². The SMILES string of the molecule is C1=CC2Oc3c(-c4ccc(-c5nc(-c6ccc(-c7ccccc7)cc6)nc(-c6ccc7oc8ccccc8c7c6)n5)cc4)ccc(-c4cc(-c5ccncc5)cc(-c5ccncc5)c4)c3OC2C=C1. The van der Waals surface area contributed by atoms with Crippen molar-refractivity contribution in [3.8, 4) is 101 Å². The summed E-state index contributed by atoms with van der Waals surface area (Å²) in [6.07, 6.45) is 14.9. The Bertz CT molecular complexity index is 3720. The van der Waals surface area contributed by atoms with Crippen LogP contribution in [-0.4, -0.2) is 37.1 Å². The molecular formula is C61H39N5O3. The van der Waals surface area contributed by atoms with Gasteiger partial charge >= 0.3 is 0 Å². The third kappa shape index (κ3) is 7.50. The molecule has 0 N–H and O–H groups in total. The zero-order chi connectivity index (χ0) is 45.7. The van der Waals surface area contributed by atoms with Gasteiger partial charge in [-0.25, -0.2) is 15.0 Å². The number of pyridine rings is 2. The van der Waals surface area contributed by atoms with Crippen molar-refractivity contribution in [2.75, 3.05) is 0 Å². The smallest absolute Gasteiger partial charge is 0.170 e. The van der Waals surface area contributed by atoms with E-state index in [0.717, 1.165) is 94.3 Å². The number of benzene rings is 7. The van der Waals surface area contributed by atoms with E-state index in [9.17, 15) is 0 Å². The number of fused-ring (bicyclic) bond motifs is 5. The van der Waals surface area contributed by atoms with E-state index in [2.05, 4.69) is 137 Å². The fraction of sp³-hybridized carbons (Fsp3) is 0.0328. The van der Waals surface area contributed by atoms with Crippen LogP contribution in [-0.2, 0) is 0 Å². The highest BCUT2D eigenvalue weighted by atomic mass is 16.6. The predicted molar refractivity (Wildman–Crippen MR) is 273 cm³/mol. The van der Waals surface area contributed by atoms with Gasteiger partial charge in [-0.1, -0.05) is 109 Å². The summed E-state index contributed by atoms with van der Waals surface area (Å²) >= 11 is 0. The number of rotatable bonds is 8. The molecule has 1 aliphatic heterocycles. The van der Waals surface area contributed by atoms with Crippen LogP contribution >= 0.6 is 0 Å². The van der Waals surface area contributed by atoms with Gasteiger partial charge in [0.2, 0.25) is 0 Å². The zero-order valence-electron chi connectivity index (χ0n) is 37.0. The Morgan fingerprint density at radius 3 is 1.38 bits per heavy atom. The van der Waals surface area contributed by atoms with Crippen LogP contribution < -0.4 is 9.47 Å². The molecule has 2 aliphatic rings. The second-order valence-corrected chi connectivity index (χ2v) is 17.2. The lowest BCUT2D eigenvalue weighted by Gasteiger charge is -2.34. The number of allylic oxidation sites excluding steroid dienone is 2. The maximum atomic E-state index is 6.94. The number of aromatic nitrogens is 5. The summed E-state index contributed by atoms with van der Waals surface area (Å²) < 4.78 is 20.0. The lowest BCUT2D eigenvalue weighted by atomic mass is 9.91. The third-order valence-corrected chi connectivity index (χ3v) is 12.9. The Balaban J connectivity index is 0.913. The summed E-state index contributed by atoms with van der Waals surface area (Å²) in [5.74, 6) is 3.08. The fourth-order valence-corrected chi connectivity index (χ4v) is 9.38. The highest BCUT2D eigenvalue weighted by Gasteiger charge is 2.33. The van der Waals surface area contributed by atoms with Crippen molar-refractivity contribution in [1.29, 1.82) is 0 Å². The first-order valence-corrected chi connectivity index (χ1v) is 22.9. The van der Waals surface area contributed by atoms with E-state index in [0.29, 0.717) is 29.0 Å². The minimum absolute atomic E-state index is 0.281. The van der Waals surface area contributed by atoms with Crippen molar-refractivity contribution < 1.29 is 13.9 Å². The van der Waals surface area contributed by atoms with Crippen LogP contribution in [0.25, 0.3) is 112 Å². The van der Waals surface area contributed by atoms with Crippen molar-refractivity contribution >= 4 is 21.9 Å². The number of furan rings is 1. The van der Waals surface area contributed by atoms with Gasteiger partial charge in [-0.05, 0) is 136 Å². The summed E-state index contributed by atoms with van der Waals surface area (Å²) in [7, 11) is 0. The van der Waals surface area contributed by atoms with Crippen LogP contribution in [0, 0.1) is 0 Å². The minimum atomic E-state index is -0.283. The van der Waals surface area contributed by atoms with Gasteiger partial charge in [-0.3, -0.25) is 9.97 Å². The Morgan fingerprint density at radius 2 is 0.768 bits per heavy atom. The highest BCUT2D eigenvalue weighted by Crippen LogP contribution is 2.50. The number of hydrogen-bond donors (Lipinski definition) is 0. The van der Waals surface area contributed by atoms with Gasteiger partial charge in [0.15, 0.2) is 41.2 Å². The van der Waals surface area contributed by atoms with Gasteiger partial charge in [-0.15, -0.1) is 0 Å². The van der Waals surface area contributed by atoms with Crippen LogP contribution in [0.3, 0.4) is 0 Å². The van der Waals surface area contributed by atoms with Crippen LogP contribution in [0.5, 0.6) is 11.5 Å². The molecule has 0 spiro atoms. The summed E-state index contributed by atoms with van der Waals surface area (Å²) in [5, 5.41) is 2.05. The maximum absolute atomic E-state index is 6.94. The molecule has 0 saturated heterocycles. The molecule has 2 unspecified atom stereocenters. The monoisotopic (exact) mass is 889 g/mol. The lowest BCUT2D eigenvalue weighted by Crippen LogP contribution is -2.38. The summed E-state index contributed by atoms with van der Waals surface area (Å²) in [4.78, 5) is 23.9. The minimum Gasteiger partial charge on any atom is -0.478 e. The Kier molecular flexibility index (Phi) is 9.79. The Labute approximate surface area is 397 Å². The normalized spacial score (nSPS) is 14.8. The molecule has 11 aromatic rings. The maximum Gasteiger partial charge on any atom is 0.170 e. The Hall–Kier alpha value is -9.27. The van der Waals surface area contributed by atoms with Crippen molar-refractivity contribution in [3.63, 3.8) is 0 Å². The molecule has 0 amide bonds. The van der Waals surface area contributed by atoms with E-state index in [4.69, 9.17) is 28.8 Å². The van der Waals surface area contributed by atoms with Gasteiger partial charge in [0.25, 0.3) is 0 Å². The van der Waals surface area contributed by atoms with E-state index in [1.54, 1.807) is 0 Å². The molecule has 326 valence electrons. The van der Waals surface area contributed by atoms with Gasteiger partial charge in [0, 0.05) is 63.4 Å². The second kappa shape index (κ2) is 16.9. The van der Waals surface area contributed by atoms with Crippen LogP contribution in [0.2, 0.25) is 0 Å². The first-order chi connectivity index (χ1) is 34.1. The predicted octanol–water partition coefficient (Wildman–Crippen LogP) is 14.5. The average molecular weight is 890 g/mol. The summed E-state index contributed by atoms with van der Waals surface area (Å²) in [6.45, 7) is 0. The molecule has 8 nitrogen and oxygen atoms in total. The molecule has 0 radical (unpaired) electrons. The molecular weight excluding hydrogens is 851 g/mol. The molecule has 7 aromatic carbocycles. The molecule has 4 aromatic heterocycles. The Morgan fingerprint density at radius 1 is 0.319 bits per heavy atom. The van der Waals surface area contributed by atoms with Crippen molar-refractivity contribution in [3.05, 3.63) is 225 Å². The first-order valence-electron chi connectivity index (χ1n) is 22.9. The van der Waals surface area contributed by atoms with Crippen molar-refractivity contribution in [2.24, 2.45) is 0 Å². The molecule has 0 fully saturated rings. The molecule has 0 saturated carbocycles. The third-order valence-electron chi connectivity index (χ3n) is 12.9. The first kappa shape index (κ1) is 40.0. The number of hydrogen-bond acceptors (Lipinski definition) is 8. The van der Waals surface area contributed by atoms with Gasteiger partial charge in [0.05, 0.1) is 0 Å². The number of nitrogens with zero attached hydrogens (tertiary/aromatic N) is 5. The summed E-state index contributed by atoms with van der Waals surface area (Å²) in [6, 6.07) is 60.3. The number of ether oxygens (including phenoxy) is 2. The fourth-order valence-electron chi connectivity index (χ4n) is 9.38. The van der Waals surface area contributed by atoms with E-state index in [1.807, 2.05) is 97.6 Å². The standard InChI is InChI=1S/C61H39N5O3/c1-2-8-38(9-3-1)39-14-18-43(19-15-39)59-64-60(66-61(65-59)45-22-25-54-52(37-45)51-10-4-5-11-53(51)67-54)44-20-16-42(17-21-44)49-23-24-50(58-57(49)68-55-12-6-7-13-56(55)69-58)48-35-46(40-26-30-62-31-27-40)34-47(36-48)41-28-32-63-33-29-41/h1-37,55-56H. The van der Waals surface area contributed by atoms with E-state index >= 15 is 0 Å². The molecule has 2 atom stereocenters. The van der Waals surface area contributed by atoms with E-state index < -0.39 is 0 Å². The number of para-hydroxylation sites is 1. The zero-order valence-corrected chi connectivity index (χ0v) is 37.0. The van der Waals surface area contributed by atoms with Gasteiger partial charge in [0.1, 0.15) is 11.2 Å². The van der Waals surface area contributed by atoms with E-state index in [-0.39, 0.29) is 12.2 Å². The van der Waals surface area contributed by atoms with Crippen LogP contribution in [0.1, 0.15) is 0 Å². The van der Waals surface area contributed by atoms with Crippen LogP contribution in [0.4, 0.5) is 0 Å². The second-order valence-electron chi connectivity index (χ2n) is 17.2. The molecule has 5 heterocycles. The summed E-state index contributed by atoms with van der Waals surface area (Å²) in [5.41, 5.74) is 14.6. The van der Waals surface area contributed by atoms with Gasteiger partial charge < -0.3 is 13.9 Å². The average Bonchev–Trinajstić information content (AvgIpc) is 3.81. The molecule has 8 heteroatoms. The lowest BCUT2D eigenvalue weighted by molar-refractivity contribution is 0.0769. The topological polar surface area (TPSA) is 96.1 Å². The van der Waals surface area contributed by atoms with E-state index in [1.165, 1.54) is 0 Å². The van der Waals surface area contributed by atoms with Crippen molar-refractivity contribution in [2.45, 2.75) is 12.2 Å². The molecule has 13 rings (SSSR count). The quantitative estimate of drug-likeness (QED) is 0.149. The largest absolute Gasteiger partial charge is 0.478 e. The highest BCUT2D eigenvalue weighted by molar-refractivity contribution is 6.06.